The molecule has 136 valence electrons. The number of aromatic nitrogens is 4. The van der Waals surface area contributed by atoms with Crippen molar-refractivity contribution in [3.05, 3.63) is 65.2 Å². The molecule has 2 heterocycles. The molecule has 0 aliphatic carbocycles. The summed E-state index contributed by atoms with van der Waals surface area (Å²) < 4.78 is 7.56. The van der Waals surface area contributed by atoms with E-state index in [0.29, 0.717) is 18.8 Å². The largest absolute Gasteiger partial charge is 0.487 e. The highest BCUT2D eigenvalue weighted by Crippen LogP contribution is 2.12. The van der Waals surface area contributed by atoms with Gasteiger partial charge in [0.25, 0.3) is 5.91 Å². The molecule has 0 aliphatic rings. The molecule has 3 rings (SSSR count). The van der Waals surface area contributed by atoms with Crippen LogP contribution in [-0.4, -0.2) is 32.4 Å². The molecule has 0 radical (unpaired) electrons. The predicted molar refractivity (Wildman–Crippen MR) is 98.1 cm³/mol. The highest BCUT2D eigenvalue weighted by Gasteiger charge is 2.14. The molecule has 2 N–H and O–H groups in total. The standard InChI is InChI=1S/C19H23N5O2/c1-13-9-14(2)24(23-13)15(3)11-20-19(25)18-10-16(21-22-18)12-26-17-7-5-4-6-8-17/h4-10,15H,11-12H2,1-3H3,(H,20,25)(H,21,22)/t15-/m1/s1. The smallest absolute Gasteiger partial charge is 0.271 e. The average Bonchev–Trinajstić information content (AvgIpc) is 3.24. The lowest BCUT2D eigenvalue weighted by atomic mass is 10.3. The first-order valence-electron chi connectivity index (χ1n) is 8.56. The monoisotopic (exact) mass is 353 g/mol. The van der Waals surface area contributed by atoms with E-state index in [1.807, 2.05) is 61.9 Å². The number of benzene rings is 1. The second kappa shape index (κ2) is 7.86. The third-order valence-corrected chi connectivity index (χ3v) is 4.02. The van der Waals surface area contributed by atoms with E-state index in [4.69, 9.17) is 4.74 Å². The summed E-state index contributed by atoms with van der Waals surface area (Å²) in [6.07, 6.45) is 0. The molecule has 1 atom stereocenters. The number of aromatic amines is 1. The van der Waals surface area contributed by atoms with Gasteiger partial charge in [-0.25, -0.2) is 0 Å². The first kappa shape index (κ1) is 17.7. The van der Waals surface area contributed by atoms with Gasteiger partial charge in [-0.2, -0.15) is 10.2 Å². The van der Waals surface area contributed by atoms with Crippen LogP contribution in [0.1, 0.15) is 40.5 Å². The van der Waals surface area contributed by atoms with Crippen LogP contribution < -0.4 is 10.1 Å². The Morgan fingerprint density at radius 3 is 2.73 bits per heavy atom. The van der Waals surface area contributed by atoms with Crippen LogP contribution >= 0.6 is 0 Å². The van der Waals surface area contributed by atoms with E-state index in [1.54, 1.807) is 6.07 Å². The van der Waals surface area contributed by atoms with Gasteiger partial charge < -0.3 is 10.1 Å². The number of carbonyl (C=O) groups is 1. The molecule has 7 heteroatoms. The van der Waals surface area contributed by atoms with Crippen molar-refractivity contribution in [1.82, 2.24) is 25.3 Å². The quantitative estimate of drug-likeness (QED) is 0.684. The summed E-state index contributed by atoms with van der Waals surface area (Å²) >= 11 is 0. The fourth-order valence-electron chi connectivity index (χ4n) is 2.74. The van der Waals surface area contributed by atoms with Crippen molar-refractivity contribution in [3.63, 3.8) is 0 Å². The van der Waals surface area contributed by atoms with E-state index in [1.165, 1.54) is 0 Å². The number of H-pyrrole nitrogens is 1. The van der Waals surface area contributed by atoms with Gasteiger partial charge in [-0.05, 0) is 45.0 Å². The van der Waals surface area contributed by atoms with Gasteiger partial charge in [-0.3, -0.25) is 14.6 Å². The number of aryl methyl sites for hydroxylation is 2. The number of hydrogen-bond acceptors (Lipinski definition) is 4. The highest BCUT2D eigenvalue weighted by atomic mass is 16.5. The molecule has 1 aromatic carbocycles. The minimum absolute atomic E-state index is 0.0625. The summed E-state index contributed by atoms with van der Waals surface area (Å²) in [6, 6.07) is 13.3. The highest BCUT2D eigenvalue weighted by molar-refractivity contribution is 5.92. The van der Waals surface area contributed by atoms with Crippen molar-refractivity contribution in [2.75, 3.05) is 6.54 Å². The van der Waals surface area contributed by atoms with E-state index in [-0.39, 0.29) is 11.9 Å². The zero-order valence-electron chi connectivity index (χ0n) is 15.2. The normalized spacial score (nSPS) is 12.0. The Bertz CT molecular complexity index is 869. The van der Waals surface area contributed by atoms with Crippen LogP contribution in [0.2, 0.25) is 0 Å². The fraction of sp³-hybridized carbons (Fsp3) is 0.316. The zero-order valence-corrected chi connectivity index (χ0v) is 15.2. The number of rotatable bonds is 7. The predicted octanol–water partition coefficient (Wildman–Crippen LogP) is 2.79. The third kappa shape index (κ3) is 4.30. The summed E-state index contributed by atoms with van der Waals surface area (Å²) in [5, 5.41) is 14.2. The zero-order chi connectivity index (χ0) is 18.5. The Hall–Kier alpha value is -3.09. The van der Waals surface area contributed by atoms with E-state index >= 15 is 0 Å². The van der Waals surface area contributed by atoms with Gasteiger partial charge in [0.15, 0.2) is 0 Å². The Morgan fingerprint density at radius 1 is 1.27 bits per heavy atom. The number of para-hydroxylation sites is 1. The second-order valence-corrected chi connectivity index (χ2v) is 6.31. The van der Waals surface area contributed by atoms with Crippen molar-refractivity contribution < 1.29 is 9.53 Å². The van der Waals surface area contributed by atoms with Crippen LogP contribution in [0, 0.1) is 13.8 Å². The molecular weight excluding hydrogens is 330 g/mol. The Labute approximate surface area is 152 Å². The van der Waals surface area contributed by atoms with E-state index in [2.05, 4.69) is 20.6 Å². The van der Waals surface area contributed by atoms with Gasteiger partial charge in [0.05, 0.1) is 17.4 Å². The van der Waals surface area contributed by atoms with Crippen molar-refractivity contribution in [2.24, 2.45) is 0 Å². The van der Waals surface area contributed by atoms with Crippen molar-refractivity contribution in [2.45, 2.75) is 33.4 Å². The summed E-state index contributed by atoms with van der Waals surface area (Å²) in [7, 11) is 0. The number of hydrogen-bond donors (Lipinski definition) is 2. The molecule has 0 fully saturated rings. The number of nitrogens with one attached hydrogen (secondary N) is 2. The molecule has 7 nitrogen and oxygen atoms in total. The van der Waals surface area contributed by atoms with Crippen LogP contribution in [0.4, 0.5) is 0 Å². The molecule has 0 unspecified atom stereocenters. The topological polar surface area (TPSA) is 84.8 Å². The Balaban J connectivity index is 1.52. The molecule has 0 spiro atoms. The summed E-state index contributed by atoms with van der Waals surface area (Å²) in [6.45, 7) is 6.78. The van der Waals surface area contributed by atoms with Crippen molar-refractivity contribution in [3.8, 4) is 5.75 Å². The minimum atomic E-state index is -0.222. The maximum Gasteiger partial charge on any atom is 0.271 e. The van der Waals surface area contributed by atoms with Gasteiger partial charge in [0.1, 0.15) is 18.1 Å². The summed E-state index contributed by atoms with van der Waals surface area (Å²) in [4.78, 5) is 12.3. The first-order chi connectivity index (χ1) is 12.5. The van der Waals surface area contributed by atoms with Gasteiger partial charge in [-0.1, -0.05) is 18.2 Å². The number of ether oxygens (including phenoxy) is 1. The lowest BCUT2D eigenvalue weighted by Crippen LogP contribution is -2.30. The van der Waals surface area contributed by atoms with Gasteiger partial charge >= 0.3 is 0 Å². The van der Waals surface area contributed by atoms with Crippen LogP contribution in [0.25, 0.3) is 0 Å². The second-order valence-electron chi connectivity index (χ2n) is 6.31. The lowest BCUT2D eigenvalue weighted by Gasteiger charge is -2.14. The van der Waals surface area contributed by atoms with Crippen LogP contribution in [0.15, 0.2) is 42.5 Å². The molecule has 1 amide bonds. The Kier molecular flexibility index (Phi) is 5.36. The van der Waals surface area contributed by atoms with Crippen LogP contribution in [-0.2, 0) is 6.61 Å². The molecular formula is C19H23N5O2. The average molecular weight is 353 g/mol. The van der Waals surface area contributed by atoms with Crippen molar-refractivity contribution in [1.29, 1.82) is 0 Å². The van der Waals surface area contributed by atoms with Gasteiger partial charge in [-0.15, -0.1) is 0 Å². The maximum absolute atomic E-state index is 12.3. The van der Waals surface area contributed by atoms with Crippen LogP contribution in [0.3, 0.4) is 0 Å². The van der Waals surface area contributed by atoms with Gasteiger partial charge in [0, 0.05) is 12.2 Å². The molecule has 26 heavy (non-hydrogen) atoms. The third-order valence-electron chi connectivity index (χ3n) is 4.02. The fourth-order valence-corrected chi connectivity index (χ4v) is 2.74. The molecule has 0 saturated heterocycles. The van der Waals surface area contributed by atoms with E-state index < -0.39 is 0 Å². The molecule has 3 aromatic rings. The Morgan fingerprint density at radius 2 is 2.04 bits per heavy atom. The van der Waals surface area contributed by atoms with Crippen molar-refractivity contribution >= 4 is 5.91 Å². The minimum Gasteiger partial charge on any atom is -0.487 e. The van der Waals surface area contributed by atoms with E-state index in [0.717, 1.165) is 22.8 Å². The first-order valence-corrected chi connectivity index (χ1v) is 8.56. The summed E-state index contributed by atoms with van der Waals surface area (Å²) in [5.74, 6) is 0.549. The molecule has 0 bridgehead atoms. The SMILES string of the molecule is Cc1cc(C)n([C@H](C)CNC(=O)c2cc(COc3ccccc3)[nH]n2)n1. The molecule has 2 aromatic heterocycles. The maximum atomic E-state index is 12.3. The number of carbonyl (C=O) groups excluding carboxylic acids is 1. The number of nitrogens with zero attached hydrogens (tertiary/aromatic N) is 3. The molecule has 0 saturated carbocycles. The van der Waals surface area contributed by atoms with Crippen LogP contribution in [0.5, 0.6) is 5.75 Å². The number of amides is 1. The summed E-state index contributed by atoms with van der Waals surface area (Å²) in [5.41, 5.74) is 3.13. The lowest BCUT2D eigenvalue weighted by molar-refractivity contribution is 0.0942. The van der Waals surface area contributed by atoms with Gasteiger partial charge in [0.2, 0.25) is 0 Å². The molecule has 0 aliphatic heterocycles. The van der Waals surface area contributed by atoms with E-state index in [9.17, 15) is 4.79 Å².